The first-order valence-corrected chi connectivity index (χ1v) is 17.0. The molecule has 0 atom stereocenters. The van der Waals surface area contributed by atoms with Crippen LogP contribution in [-0.2, 0) is 0 Å². The van der Waals surface area contributed by atoms with Gasteiger partial charge in [-0.05, 0) is 64.0 Å². The van der Waals surface area contributed by atoms with E-state index in [0.29, 0.717) is 0 Å². The van der Waals surface area contributed by atoms with Crippen molar-refractivity contribution >= 4 is 38.8 Å². The van der Waals surface area contributed by atoms with Gasteiger partial charge in [-0.1, -0.05) is 164 Å². The normalized spacial score (nSPS) is 11.2. The summed E-state index contributed by atoms with van der Waals surface area (Å²) in [5, 5.41) is 3.46. The number of para-hydroxylation sites is 3. The van der Waals surface area contributed by atoms with Gasteiger partial charge in [-0.15, -0.1) is 0 Å². The van der Waals surface area contributed by atoms with Gasteiger partial charge in [0, 0.05) is 27.5 Å². The maximum Gasteiger partial charge on any atom is 0.135 e. The summed E-state index contributed by atoms with van der Waals surface area (Å²) < 4.78 is 6.27. The van der Waals surface area contributed by atoms with Crippen LogP contribution in [0.2, 0.25) is 0 Å². The highest BCUT2D eigenvalue weighted by atomic mass is 16.3. The lowest BCUT2D eigenvalue weighted by Crippen LogP contribution is -2.13. The van der Waals surface area contributed by atoms with Crippen LogP contribution in [-0.4, -0.2) is 0 Å². The largest absolute Gasteiger partial charge is 0.456 e. The monoisotopic (exact) mass is 639 g/mol. The van der Waals surface area contributed by atoms with Crippen molar-refractivity contribution in [2.75, 3.05) is 4.90 Å². The first-order valence-electron chi connectivity index (χ1n) is 17.0. The number of hydrogen-bond donors (Lipinski definition) is 0. The summed E-state index contributed by atoms with van der Waals surface area (Å²) in [5.41, 5.74) is 12.3. The Morgan fingerprint density at radius 2 is 0.860 bits per heavy atom. The molecule has 0 spiro atoms. The van der Waals surface area contributed by atoms with Crippen LogP contribution in [0, 0.1) is 0 Å². The molecule has 0 fully saturated rings. The second-order valence-electron chi connectivity index (χ2n) is 12.5. The number of rotatable bonds is 7. The summed E-state index contributed by atoms with van der Waals surface area (Å²) in [6.45, 7) is 0. The molecule has 0 radical (unpaired) electrons. The summed E-state index contributed by atoms with van der Waals surface area (Å²) in [4.78, 5) is 2.45. The van der Waals surface area contributed by atoms with Gasteiger partial charge >= 0.3 is 0 Å². The molecule has 0 saturated carbocycles. The Hall–Kier alpha value is -6.64. The van der Waals surface area contributed by atoms with Gasteiger partial charge in [0.25, 0.3) is 0 Å². The van der Waals surface area contributed by atoms with E-state index in [-0.39, 0.29) is 0 Å². The van der Waals surface area contributed by atoms with Crippen LogP contribution in [0.5, 0.6) is 0 Å². The van der Waals surface area contributed by atoms with Crippen molar-refractivity contribution in [2.24, 2.45) is 0 Å². The van der Waals surface area contributed by atoms with Crippen LogP contribution in [0.3, 0.4) is 0 Å². The summed E-state index contributed by atoms with van der Waals surface area (Å²) in [6.07, 6.45) is 0. The SMILES string of the molecule is c1ccc(-c2ccccc2N(c2ccccc2-c2ccccc2)c2ccc(-c3cccc(-c4cc5ccccc5o4)c3)c3ccccc23)cc1. The van der Waals surface area contributed by atoms with E-state index in [9.17, 15) is 0 Å². The molecule has 1 heterocycles. The molecule has 0 saturated heterocycles. The Morgan fingerprint density at radius 3 is 1.54 bits per heavy atom. The zero-order chi connectivity index (χ0) is 33.3. The Morgan fingerprint density at radius 1 is 0.320 bits per heavy atom. The fourth-order valence-corrected chi connectivity index (χ4v) is 7.14. The third-order valence-corrected chi connectivity index (χ3v) is 9.49. The number of benzene rings is 8. The first-order chi connectivity index (χ1) is 24.8. The van der Waals surface area contributed by atoms with E-state index >= 15 is 0 Å². The predicted molar refractivity (Wildman–Crippen MR) is 210 cm³/mol. The quantitative estimate of drug-likeness (QED) is 0.173. The maximum atomic E-state index is 6.27. The van der Waals surface area contributed by atoms with Crippen molar-refractivity contribution < 1.29 is 4.42 Å². The highest BCUT2D eigenvalue weighted by molar-refractivity contribution is 6.08. The Kier molecular flexibility index (Phi) is 7.53. The molecule has 0 bridgehead atoms. The third kappa shape index (κ3) is 5.34. The molecule has 9 aromatic rings. The van der Waals surface area contributed by atoms with Crippen molar-refractivity contribution in [2.45, 2.75) is 0 Å². The Labute approximate surface area is 292 Å². The minimum absolute atomic E-state index is 0.871. The molecule has 0 unspecified atom stereocenters. The van der Waals surface area contributed by atoms with Crippen LogP contribution in [0.25, 0.3) is 66.4 Å². The van der Waals surface area contributed by atoms with Crippen LogP contribution in [0.15, 0.2) is 205 Å². The lowest BCUT2D eigenvalue weighted by Gasteiger charge is -2.31. The molecule has 2 nitrogen and oxygen atoms in total. The van der Waals surface area contributed by atoms with Gasteiger partial charge in [-0.25, -0.2) is 0 Å². The van der Waals surface area contributed by atoms with Crippen molar-refractivity contribution in [1.29, 1.82) is 0 Å². The highest BCUT2D eigenvalue weighted by Crippen LogP contribution is 2.48. The molecular weight excluding hydrogens is 607 g/mol. The van der Waals surface area contributed by atoms with Crippen molar-refractivity contribution in [3.8, 4) is 44.7 Å². The number of furan rings is 1. The van der Waals surface area contributed by atoms with Crippen LogP contribution in [0.1, 0.15) is 0 Å². The molecule has 0 amide bonds. The minimum atomic E-state index is 0.871. The lowest BCUT2D eigenvalue weighted by atomic mass is 9.94. The zero-order valence-electron chi connectivity index (χ0n) is 27.4. The van der Waals surface area contributed by atoms with Crippen molar-refractivity contribution in [1.82, 2.24) is 0 Å². The summed E-state index contributed by atoms with van der Waals surface area (Å²) >= 11 is 0. The maximum absolute atomic E-state index is 6.27. The average molecular weight is 640 g/mol. The molecular formula is C48H33NO. The minimum Gasteiger partial charge on any atom is -0.456 e. The number of hydrogen-bond acceptors (Lipinski definition) is 2. The van der Waals surface area contributed by atoms with E-state index in [1.807, 2.05) is 18.2 Å². The molecule has 1 aromatic heterocycles. The second-order valence-corrected chi connectivity index (χ2v) is 12.5. The smallest absolute Gasteiger partial charge is 0.135 e. The molecule has 0 aliphatic rings. The van der Waals surface area contributed by atoms with Gasteiger partial charge in [0.1, 0.15) is 11.3 Å². The van der Waals surface area contributed by atoms with Gasteiger partial charge in [-0.3, -0.25) is 0 Å². The van der Waals surface area contributed by atoms with E-state index in [1.54, 1.807) is 0 Å². The molecule has 236 valence electrons. The Balaban J connectivity index is 1.26. The summed E-state index contributed by atoms with van der Waals surface area (Å²) in [7, 11) is 0. The molecule has 50 heavy (non-hydrogen) atoms. The average Bonchev–Trinajstić information content (AvgIpc) is 3.64. The highest BCUT2D eigenvalue weighted by Gasteiger charge is 2.23. The molecule has 8 aromatic carbocycles. The number of nitrogens with zero attached hydrogens (tertiary/aromatic N) is 1. The molecule has 0 aliphatic carbocycles. The van der Waals surface area contributed by atoms with Crippen molar-refractivity contribution in [3.63, 3.8) is 0 Å². The fraction of sp³-hybridized carbons (Fsp3) is 0. The van der Waals surface area contributed by atoms with Crippen LogP contribution < -0.4 is 4.90 Å². The van der Waals surface area contributed by atoms with Gasteiger partial charge in [0.2, 0.25) is 0 Å². The van der Waals surface area contributed by atoms with Gasteiger partial charge in [0.05, 0.1) is 17.1 Å². The van der Waals surface area contributed by atoms with Gasteiger partial charge < -0.3 is 9.32 Å². The summed E-state index contributed by atoms with van der Waals surface area (Å²) in [5.74, 6) is 0.871. The van der Waals surface area contributed by atoms with E-state index in [2.05, 4.69) is 187 Å². The van der Waals surface area contributed by atoms with Crippen LogP contribution in [0.4, 0.5) is 17.1 Å². The van der Waals surface area contributed by atoms with E-state index in [1.165, 1.54) is 38.6 Å². The third-order valence-electron chi connectivity index (χ3n) is 9.49. The Bertz CT molecular complexity index is 2480. The van der Waals surface area contributed by atoms with E-state index < -0.39 is 0 Å². The van der Waals surface area contributed by atoms with Crippen LogP contribution >= 0.6 is 0 Å². The first kappa shape index (κ1) is 29.5. The number of fused-ring (bicyclic) bond motifs is 2. The lowest BCUT2D eigenvalue weighted by molar-refractivity contribution is 0.631. The topological polar surface area (TPSA) is 16.4 Å². The summed E-state index contributed by atoms with van der Waals surface area (Å²) in [6, 6.07) is 71.1. The fourth-order valence-electron chi connectivity index (χ4n) is 7.14. The van der Waals surface area contributed by atoms with Gasteiger partial charge in [0.15, 0.2) is 0 Å². The van der Waals surface area contributed by atoms with Gasteiger partial charge in [-0.2, -0.15) is 0 Å². The zero-order valence-corrected chi connectivity index (χ0v) is 27.4. The number of anilines is 3. The van der Waals surface area contributed by atoms with E-state index in [4.69, 9.17) is 4.42 Å². The molecule has 0 N–H and O–H groups in total. The molecule has 9 rings (SSSR count). The standard InChI is InChI=1S/C48H33NO/c1-3-16-34(17-4-1)40-23-10-12-27-44(40)49(45-28-13-11-24-41(45)35-18-5-2-6-19-35)46-31-30-39(42-25-8-9-26-43(42)46)36-21-15-22-37(32-36)48-33-38-20-7-14-29-47(38)50-48/h1-33H. The molecule has 0 aliphatic heterocycles. The van der Waals surface area contributed by atoms with Crippen molar-refractivity contribution in [3.05, 3.63) is 200 Å². The van der Waals surface area contributed by atoms with E-state index in [0.717, 1.165) is 44.9 Å². The predicted octanol–water partition coefficient (Wildman–Crippen LogP) is 13.7. The second kappa shape index (κ2) is 12.8. The molecule has 2 heteroatoms.